The monoisotopic (exact) mass is 469 g/mol. The van der Waals surface area contributed by atoms with Crippen LogP contribution in [0.3, 0.4) is 0 Å². The van der Waals surface area contributed by atoms with Crippen LogP contribution in [0.2, 0.25) is 5.02 Å². The second kappa shape index (κ2) is 9.53. The van der Waals surface area contributed by atoms with Gasteiger partial charge in [-0.3, -0.25) is 4.79 Å². The molecule has 5 nitrogen and oxygen atoms in total. The van der Waals surface area contributed by atoms with E-state index in [1.54, 1.807) is 11.3 Å². The third-order valence-electron chi connectivity index (χ3n) is 5.75. The molecule has 0 saturated carbocycles. The minimum atomic E-state index is -0.345. The molecule has 2 aliphatic rings. The summed E-state index contributed by atoms with van der Waals surface area (Å²) in [7, 11) is 0. The SMILES string of the molecule is O=C(C1CCCO1)N1CCOc2c(cc(-c3cccc(Cl)c3)cc2OCc2ccsc2)C1. The van der Waals surface area contributed by atoms with Gasteiger partial charge in [0.05, 0.1) is 6.54 Å². The number of amides is 1. The summed E-state index contributed by atoms with van der Waals surface area (Å²) in [5, 5.41) is 4.78. The van der Waals surface area contributed by atoms with Crippen molar-refractivity contribution in [3.8, 4) is 22.6 Å². The van der Waals surface area contributed by atoms with E-state index in [2.05, 4.69) is 11.4 Å². The van der Waals surface area contributed by atoms with Gasteiger partial charge in [-0.25, -0.2) is 0 Å². The van der Waals surface area contributed by atoms with Crippen molar-refractivity contribution >= 4 is 28.8 Å². The van der Waals surface area contributed by atoms with Crippen molar-refractivity contribution in [3.05, 3.63) is 69.4 Å². The Hall–Kier alpha value is -2.54. The van der Waals surface area contributed by atoms with E-state index in [4.69, 9.17) is 25.8 Å². The van der Waals surface area contributed by atoms with Crippen molar-refractivity contribution in [2.24, 2.45) is 0 Å². The highest BCUT2D eigenvalue weighted by atomic mass is 35.5. The lowest BCUT2D eigenvalue weighted by Gasteiger charge is -2.23. The van der Waals surface area contributed by atoms with E-state index in [9.17, 15) is 4.79 Å². The lowest BCUT2D eigenvalue weighted by molar-refractivity contribution is -0.141. The van der Waals surface area contributed by atoms with E-state index < -0.39 is 0 Å². The van der Waals surface area contributed by atoms with Crippen molar-refractivity contribution in [2.45, 2.75) is 32.1 Å². The Balaban J connectivity index is 1.50. The number of fused-ring (bicyclic) bond motifs is 1. The molecule has 0 aliphatic carbocycles. The zero-order valence-corrected chi connectivity index (χ0v) is 19.2. The van der Waals surface area contributed by atoms with E-state index >= 15 is 0 Å². The zero-order chi connectivity index (χ0) is 21.9. The molecule has 1 amide bonds. The largest absolute Gasteiger partial charge is 0.487 e. The Labute approximate surface area is 196 Å². The molecule has 7 heteroatoms. The number of rotatable bonds is 5. The van der Waals surface area contributed by atoms with Crippen LogP contribution in [0.1, 0.15) is 24.0 Å². The summed E-state index contributed by atoms with van der Waals surface area (Å²) >= 11 is 7.89. The van der Waals surface area contributed by atoms with Gasteiger partial charge < -0.3 is 19.1 Å². The van der Waals surface area contributed by atoms with Crippen LogP contribution in [0.4, 0.5) is 0 Å². The molecule has 0 bridgehead atoms. The maximum absolute atomic E-state index is 13.0. The van der Waals surface area contributed by atoms with E-state index in [1.165, 1.54) is 0 Å². The number of thiophene rings is 1. The Morgan fingerprint density at radius 1 is 1.19 bits per heavy atom. The van der Waals surface area contributed by atoms with E-state index in [0.717, 1.165) is 35.1 Å². The van der Waals surface area contributed by atoms with Crippen LogP contribution in [0.5, 0.6) is 11.5 Å². The van der Waals surface area contributed by atoms with Gasteiger partial charge in [0.15, 0.2) is 11.5 Å². The van der Waals surface area contributed by atoms with Gasteiger partial charge in [0.1, 0.15) is 19.3 Å². The summed E-state index contributed by atoms with van der Waals surface area (Å²) in [5.41, 5.74) is 4.00. The van der Waals surface area contributed by atoms with Crippen molar-refractivity contribution < 1.29 is 19.0 Å². The average molecular weight is 470 g/mol. The molecule has 0 radical (unpaired) electrons. The number of halogens is 1. The summed E-state index contributed by atoms with van der Waals surface area (Å²) in [6.07, 6.45) is 1.36. The van der Waals surface area contributed by atoms with Gasteiger partial charge in [0, 0.05) is 23.7 Å². The number of benzene rings is 2. The number of ether oxygens (including phenoxy) is 3. The number of hydrogen-bond donors (Lipinski definition) is 0. The normalized spacial score (nSPS) is 18.0. The van der Waals surface area contributed by atoms with Crippen LogP contribution in [0.15, 0.2) is 53.2 Å². The van der Waals surface area contributed by atoms with Gasteiger partial charge in [-0.05, 0) is 70.6 Å². The molecular formula is C25H24ClNO4S. The summed E-state index contributed by atoms with van der Waals surface area (Å²) in [5.74, 6) is 1.41. The van der Waals surface area contributed by atoms with Gasteiger partial charge in [-0.15, -0.1) is 0 Å². The molecule has 32 heavy (non-hydrogen) atoms. The van der Waals surface area contributed by atoms with E-state index in [1.807, 2.05) is 46.7 Å². The second-order valence-electron chi connectivity index (χ2n) is 8.00. The van der Waals surface area contributed by atoms with Gasteiger partial charge in [0.2, 0.25) is 0 Å². The Kier molecular flexibility index (Phi) is 6.35. The summed E-state index contributed by atoms with van der Waals surface area (Å²) in [6, 6.07) is 13.8. The molecule has 2 aliphatic heterocycles. The van der Waals surface area contributed by atoms with Crippen molar-refractivity contribution in [1.29, 1.82) is 0 Å². The highest BCUT2D eigenvalue weighted by Crippen LogP contribution is 2.39. The number of nitrogens with zero attached hydrogens (tertiary/aromatic N) is 1. The zero-order valence-electron chi connectivity index (χ0n) is 17.6. The Bertz CT molecular complexity index is 1100. The fourth-order valence-corrected chi connectivity index (χ4v) is 4.97. The third-order valence-corrected chi connectivity index (χ3v) is 6.72. The van der Waals surface area contributed by atoms with Crippen molar-refractivity contribution in [2.75, 3.05) is 19.8 Å². The molecule has 0 spiro atoms. The Morgan fingerprint density at radius 3 is 2.91 bits per heavy atom. The topological polar surface area (TPSA) is 48.0 Å². The first-order valence-electron chi connectivity index (χ1n) is 10.8. The Morgan fingerprint density at radius 2 is 2.12 bits per heavy atom. The third kappa shape index (κ3) is 4.63. The van der Waals surface area contributed by atoms with Gasteiger partial charge in [-0.1, -0.05) is 23.7 Å². The highest BCUT2D eigenvalue weighted by Gasteiger charge is 2.31. The predicted octanol–water partition coefficient (Wildman–Crippen LogP) is 5.55. The van der Waals surface area contributed by atoms with Gasteiger partial charge in [0.25, 0.3) is 5.91 Å². The highest BCUT2D eigenvalue weighted by molar-refractivity contribution is 7.07. The molecule has 1 fully saturated rings. The van der Waals surface area contributed by atoms with Crippen LogP contribution < -0.4 is 9.47 Å². The second-order valence-corrected chi connectivity index (χ2v) is 9.22. The van der Waals surface area contributed by atoms with E-state index in [0.29, 0.717) is 49.4 Å². The summed E-state index contributed by atoms with van der Waals surface area (Å²) < 4.78 is 18.0. The minimum absolute atomic E-state index is 0.0350. The molecule has 3 aromatic rings. The molecule has 1 unspecified atom stereocenters. The fourth-order valence-electron chi connectivity index (χ4n) is 4.13. The minimum Gasteiger partial charge on any atom is -0.487 e. The first-order chi connectivity index (χ1) is 15.7. The maximum Gasteiger partial charge on any atom is 0.252 e. The fraction of sp³-hybridized carbons (Fsp3) is 0.320. The van der Waals surface area contributed by atoms with Crippen LogP contribution >= 0.6 is 22.9 Å². The molecule has 1 saturated heterocycles. The molecule has 1 atom stereocenters. The van der Waals surface area contributed by atoms with Crippen LogP contribution in [-0.4, -0.2) is 36.7 Å². The molecular weight excluding hydrogens is 446 g/mol. The molecule has 5 rings (SSSR count). The average Bonchev–Trinajstić information content (AvgIpc) is 3.48. The molecule has 3 heterocycles. The number of carbonyl (C=O) groups is 1. The van der Waals surface area contributed by atoms with Crippen molar-refractivity contribution in [3.63, 3.8) is 0 Å². The number of carbonyl (C=O) groups excluding carboxylic acids is 1. The van der Waals surface area contributed by atoms with Gasteiger partial charge in [-0.2, -0.15) is 11.3 Å². The lowest BCUT2D eigenvalue weighted by Crippen LogP contribution is -2.39. The van der Waals surface area contributed by atoms with Gasteiger partial charge >= 0.3 is 0 Å². The lowest BCUT2D eigenvalue weighted by atomic mass is 10.0. The first kappa shape index (κ1) is 21.3. The maximum atomic E-state index is 13.0. The molecule has 2 aromatic carbocycles. The number of hydrogen-bond acceptors (Lipinski definition) is 5. The molecule has 166 valence electrons. The van der Waals surface area contributed by atoms with Crippen molar-refractivity contribution in [1.82, 2.24) is 4.90 Å². The standard InChI is InChI=1S/C25H24ClNO4S/c26-21-4-1-3-18(12-21)19-11-20-14-27(25(28)22-5-2-8-29-22)7-9-30-24(20)23(13-19)31-15-17-6-10-32-16-17/h1,3-4,6,10-13,16,22H,2,5,7-9,14-15H2. The first-order valence-corrected chi connectivity index (χ1v) is 12.1. The van der Waals surface area contributed by atoms with Crippen LogP contribution in [0, 0.1) is 0 Å². The molecule has 0 N–H and O–H groups in total. The smallest absolute Gasteiger partial charge is 0.252 e. The molecule has 1 aromatic heterocycles. The van der Waals surface area contributed by atoms with Crippen LogP contribution in [-0.2, 0) is 22.7 Å². The van der Waals surface area contributed by atoms with Crippen LogP contribution in [0.25, 0.3) is 11.1 Å². The van der Waals surface area contributed by atoms with E-state index in [-0.39, 0.29) is 12.0 Å². The summed E-state index contributed by atoms with van der Waals surface area (Å²) in [4.78, 5) is 14.9. The predicted molar refractivity (Wildman–Crippen MR) is 125 cm³/mol. The quantitative estimate of drug-likeness (QED) is 0.491. The summed E-state index contributed by atoms with van der Waals surface area (Å²) in [6.45, 7) is 2.49.